The summed E-state index contributed by atoms with van der Waals surface area (Å²) in [6, 6.07) is 6.91. The maximum atomic E-state index is 11.2. The van der Waals surface area contributed by atoms with Crippen molar-refractivity contribution in [2.24, 2.45) is 0 Å². The number of amides is 1. The number of nitrogens with one attached hydrogen (secondary N) is 2. The van der Waals surface area contributed by atoms with Gasteiger partial charge in [0.2, 0.25) is 5.91 Å². The van der Waals surface area contributed by atoms with Crippen LogP contribution in [0, 0.1) is 0 Å². The van der Waals surface area contributed by atoms with E-state index in [1.807, 2.05) is 19.1 Å². The lowest BCUT2D eigenvalue weighted by atomic mass is 10.1. The molecule has 3 N–H and O–H groups in total. The molecule has 0 radical (unpaired) electrons. The van der Waals surface area contributed by atoms with E-state index in [1.54, 1.807) is 18.3 Å². The molecular weight excluding hydrogens is 254 g/mol. The Hall–Kier alpha value is -2.56. The summed E-state index contributed by atoms with van der Waals surface area (Å²) in [6.45, 7) is 3.38. The van der Waals surface area contributed by atoms with E-state index in [4.69, 9.17) is 0 Å². The third-order valence-electron chi connectivity index (χ3n) is 3.36. The number of nitrogens with zero attached hydrogens (tertiary/aromatic N) is 1. The van der Waals surface area contributed by atoms with Crippen LogP contribution in [0.2, 0.25) is 0 Å². The Morgan fingerprint density at radius 2 is 2.15 bits per heavy atom. The second kappa shape index (κ2) is 4.52. The third-order valence-corrected chi connectivity index (χ3v) is 3.36. The van der Waals surface area contributed by atoms with Gasteiger partial charge in [-0.15, -0.1) is 0 Å². The highest BCUT2D eigenvalue weighted by Gasteiger charge is 2.15. The molecule has 1 unspecified atom stereocenters. The van der Waals surface area contributed by atoms with Crippen LogP contribution < -0.4 is 5.32 Å². The summed E-state index contributed by atoms with van der Waals surface area (Å²) >= 11 is 0. The maximum Gasteiger partial charge on any atom is 0.217 e. The van der Waals surface area contributed by atoms with Gasteiger partial charge >= 0.3 is 0 Å². The Balaban J connectivity index is 2.24. The van der Waals surface area contributed by atoms with Crippen molar-refractivity contribution in [2.75, 3.05) is 0 Å². The molecule has 20 heavy (non-hydrogen) atoms. The van der Waals surface area contributed by atoms with E-state index in [2.05, 4.69) is 15.3 Å². The fraction of sp³-hybridized carbons (Fsp3) is 0.200. The summed E-state index contributed by atoms with van der Waals surface area (Å²) < 4.78 is 0. The van der Waals surface area contributed by atoms with E-state index in [0.29, 0.717) is 0 Å². The smallest absolute Gasteiger partial charge is 0.217 e. The van der Waals surface area contributed by atoms with Crippen LogP contribution in [0.5, 0.6) is 5.75 Å². The lowest BCUT2D eigenvalue weighted by molar-refractivity contribution is -0.119. The Morgan fingerprint density at radius 1 is 1.35 bits per heavy atom. The Morgan fingerprint density at radius 3 is 2.90 bits per heavy atom. The fourth-order valence-electron chi connectivity index (χ4n) is 2.53. The number of aromatic nitrogens is 2. The highest BCUT2D eigenvalue weighted by atomic mass is 16.3. The molecule has 2 aromatic heterocycles. The molecule has 1 atom stereocenters. The van der Waals surface area contributed by atoms with Crippen molar-refractivity contribution in [3.8, 4) is 5.75 Å². The molecule has 5 nitrogen and oxygen atoms in total. The van der Waals surface area contributed by atoms with Crippen LogP contribution in [-0.2, 0) is 4.79 Å². The van der Waals surface area contributed by atoms with Crippen molar-refractivity contribution in [1.29, 1.82) is 0 Å². The van der Waals surface area contributed by atoms with E-state index >= 15 is 0 Å². The van der Waals surface area contributed by atoms with Gasteiger partial charge in [-0.25, -0.2) is 0 Å². The first kappa shape index (κ1) is 12.5. The number of phenols is 1. The predicted octanol–water partition coefficient (Wildman–Crippen LogP) is 2.62. The van der Waals surface area contributed by atoms with Crippen LogP contribution in [0.4, 0.5) is 0 Å². The zero-order chi connectivity index (χ0) is 14.3. The lowest BCUT2D eigenvalue weighted by Gasteiger charge is -2.12. The van der Waals surface area contributed by atoms with E-state index in [1.165, 1.54) is 6.92 Å². The summed E-state index contributed by atoms with van der Waals surface area (Å²) in [5, 5.41) is 14.4. The van der Waals surface area contributed by atoms with E-state index in [0.717, 1.165) is 27.5 Å². The molecule has 3 aromatic rings. The molecule has 0 fully saturated rings. The standard InChI is InChI=1S/C15H15N3O2/c1-8(17-9(2)19)14-15-11(5-6-16-14)12-7-10(20)3-4-13(12)18-15/h3-8,18,20H,1-2H3,(H,17,19). The molecule has 0 aliphatic heterocycles. The number of phenolic OH excluding ortho intramolecular Hbond substituents is 1. The number of aromatic hydroxyl groups is 1. The summed E-state index contributed by atoms with van der Waals surface area (Å²) in [6.07, 6.45) is 1.72. The number of rotatable bonds is 2. The van der Waals surface area contributed by atoms with Gasteiger partial charge in [-0.05, 0) is 31.2 Å². The Bertz CT molecular complexity index is 807. The van der Waals surface area contributed by atoms with Crippen LogP contribution in [0.25, 0.3) is 21.8 Å². The highest BCUT2D eigenvalue weighted by molar-refractivity contribution is 6.08. The van der Waals surface area contributed by atoms with Crippen molar-refractivity contribution in [1.82, 2.24) is 15.3 Å². The molecule has 0 saturated heterocycles. The Labute approximate surface area is 115 Å². The Kier molecular flexibility index (Phi) is 2.82. The lowest BCUT2D eigenvalue weighted by Crippen LogP contribution is -2.24. The van der Waals surface area contributed by atoms with Crippen molar-refractivity contribution < 1.29 is 9.90 Å². The van der Waals surface area contributed by atoms with Gasteiger partial charge in [-0.3, -0.25) is 9.78 Å². The SMILES string of the molecule is CC(=O)NC(C)c1nccc2c1[nH]c1ccc(O)cc12. The van der Waals surface area contributed by atoms with Crippen molar-refractivity contribution in [3.05, 3.63) is 36.2 Å². The second-order valence-corrected chi connectivity index (χ2v) is 4.90. The van der Waals surface area contributed by atoms with Gasteiger partial charge in [0.05, 0.1) is 17.3 Å². The van der Waals surface area contributed by atoms with E-state index in [-0.39, 0.29) is 17.7 Å². The molecule has 1 amide bonds. The monoisotopic (exact) mass is 269 g/mol. The minimum atomic E-state index is -0.183. The number of hydrogen-bond acceptors (Lipinski definition) is 3. The molecule has 0 bridgehead atoms. The topological polar surface area (TPSA) is 78.0 Å². The van der Waals surface area contributed by atoms with Crippen LogP contribution in [0.3, 0.4) is 0 Å². The molecule has 1 aromatic carbocycles. The number of carbonyl (C=O) groups is 1. The third kappa shape index (κ3) is 1.97. The summed E-state index contributed by atoms with van der Waals surface area (Å²) in [7, 11) is 0. The van der Waals surface area contributed by atoms with Gasteiger partial charge < -0.3 is 15.4 Å². The van der Waals surface area contributed by atoms with Crippen LogP contribution >= 0.6 is 0 Å². The highest BCUT2D eigenvalue weighted by Crippen LogP contribution is 2.31. The molecule has 0 aliphatic rings. The molecular formula is C15H15N3O2. The van der Waals surface area contributed by atoms with Crippen LogP contribution in [0.1, 0.15) is 25.6 Å². The van der Waals surface area contributed by atoms with Gasteiger partial charge in [0, 0.05) is 29.4 Å². The maximum absolute atomic E-state index is 11.2. The fourth-order valence-corrected chi connectivity index (χ4v) is 2.53. The number of benzene rings is 1. The second-order valence-electron chi connectivity index (χ2n) is 4.90. The molecule has 0 spiro atoms. The first-order valence-corrected chi connectivity index (χ1v) is 6.42. The number of hydrogen-bond donors (Lipinski definition) is 3. The van der Waals surface area contributed by atoms with Crippen molar-refractivity contribution >= 4 is 27.7 Å². The summed E-state index contributed by atoms with van der Waals surface area (Å²) in [5.74, 6) is 0.136. The minimum Gasteiger partial charge on any atom is -0.508 e. The van der Waals surface area contributed by atoms with Gasteiger partial charge in [0.15, 0.2) is 0 Å². The first-order valence-electron chi connectivity index (χ1n) is 6.42. The predicted molar refractivity (Wildman–Crippen MR) is 77.5 cm³/mol. The van der Waals surface area contributed by atoms with Crippen LogP contribution in [0.15, 0.2) is 30.5 Å². The largest absolute Gasteiger partial charge is 0.508 e. The van der Waals surface area contributed by atoms with Gasteiger partial charge in [-0.1, -0.05) is 0 Å². The normalized spacial score (nSPS) is 12.7. The zero-order valence-corrected chi connectivity index (χ0v) is 11.3. The van der Waals surface area contributed by atoms with Crippen molar-refractivity contribution in [2.45, 2.75) is 19.9 Å². The number of pyridine rings is 1. The summed E-state index contributed by atoms with van der Waals surface area (Å²) in [4.78, 5) is 18.9. The number of carbonyl (C=O) groups excluding carboxylic acids is 1. The van der Waals surface area contributed by atoms with Crippen molar-refractivity contribution in [3.63, 3.8) is 0 Å². The molecule has 102 valence electrons. The molecule has 0 saturated carbocycles. The number of fused-ring (bicyclic) bond motifs is 3. The van der Waals surface area contributed by atoms with E-state index < -0.39 is 0 Å². The number of H-pyrrole nitrogens is 1. The summed E-state index contributed by atoms with van der Waals surface area (Å²) in [5.41, 5.74) is 2.60. The van der Waals surface area contributed by atoms with E-state index in [9.17, 15) is 9.90 Å². The average molecular weight is 269 g/mol. The molecule has 2 heterocycles. The minimum absolute atomic E-state index is 0.0925. The quantitative estimate of drug-likeness (QED) is 0.669. The first-order chi connectivity index (χ1) is 9.56. The van der Waals surface area contributed by atoms with Gasteiger partial charge in [0.25, 0.3) is 0 Å². The zero-order valence-electron chi connectivity index (χ0n) is 11.3. The van der Waals surface area contributed by atoms with Gasteiger partial charge in [0.1, 0.15) is 5.75 Å². The molecule has 3 rings (SSSR count). The van der Waals surface area contributed by atoms with Gasteiger partial charge in [-0.2, -0.15) is 0 Å². The number of aromatic amines is 1. The molecule has 0 aliphatic carbocycles. The van der Waals surface area contributed by atoms with Crippen LogP contribution in [-0.4, -0.2) is 21.0 Å². The molecule has 5 heteroatoms. The average Bonchev–Trinajstić information content (AvgIpc) is 2.75.